The van der Waals surface area contributed by atoms with E-state index in [2.05, 4.69) is 12.2 Å². The SMILES string of the molecule is CC1CCN(C(=O)C2(C(=O)NC3CC3)CC2)CC1. The third-order valence-corrected chi connectivity index (χ3v) is 4.58. The molecule has 0 unspecified atom stereocenters. The monoisotopic (exact) mass is 250 g/mol. The van der Waals surface area contributed by atoms with Crippen molar-refractivity contribution in [2.24, 2.45) is 11.3 Å². The van der Waals surface area contributed by atoms with Crippen molar-refractivity contribution in [2.45, 2.75) is 51.5 Å². The lowest BCUT2D eigenvalue weighted by atomic mass is 9.96. The molecule has 2 aliphatic carbocycles. The van der Waals surface area contributed by atoms with Gasteiger partial charge in [0.2, 0.25) is 11.8 Å². The molecule has 100 valence electrons. The van der Waals surface area contributed by atoms with Crippen LogP contribution < -0.4 is 5.32 Å². The summed E-state index contributed by atoms with van der Waals surface area (Å²) < 4.78 is 0. The summed E-state index contributed by atoms with van der Waals surface area (Å²) in [7, 11) is 0. The minimum absolute atomic E-state index is 0.00591. The van der Waals surface area contributed by atoms with Crippen LogP contribution in [0, 0.1) is 11.3 Å². The number of rotatable bonds is 3. The Labute approximate surface area is 108 Å². The zero-order valence-electron chi connectivity index (χ0n) is 11.1. The van der Waals surface area contributed by atoms with Gasteiger partial charge in [-0.05, 0) is 44.4 Å². The summed E-state index contributed by atoms with van der Waals surface area (Å²) in [5, 5.41) is 3.00. The van der Waals surface area contributed by atoms with Crippen molar-refractivity contribution in [3.63, 3.8) is 0 Å². The molecule has 3 fully saturated rings. The number of carbonyl (C=O) groups excluding carboxylic acids is 2. The Morgan fingerprint density at radius 3 is 2.22 bits per heavy atom. The number of hydrogen-bond donors (Lipinski definition) is 1. The zero-order valence-corrected chi connectivity index (χ0v) is 11.1. The Morgan fingerprint density at radius 2 is 1.72 bits per heavy atom. The number of piperidine rings is 1. The van der Waals surface area contributed by atoms with Gasteiger partial charge in [0.05, 0.1) is 0 Å². The van der Waals surface area contributed by atoms with Crippen molar-refractivity contribution in [2.75, 3.05) is 13.1 Å². The van der Waals surface area contributed by atoms with Crippen molar-refractivity contribution in [1.29, 1.82) is 0 Å². The van der Waals surface area contributed by atoms with Crippen LogP contribution in [0.4, 0.5) is 0 Å². The second kappa shape index (κ2) is 4.25. The van der Waals surface area contributed by atoms with Crippen molar-refractivity contribution in [3.05, 3.63) is 0 Å². The van der Waals surface area contributed by atoms with Gasteiger partial charge in [-0.3, -0.25) is 9.59 Å². The second-order valence-corrected chi connectivity index (χ2v) is 6.30. The number of likely N-dealkylation sites (tertiary alicyclic amines) is 1. The molecule has 2 saturated carbocycles. The van der Waals surface area contributed by atoms with Crippen molar-refractivity contribution in [1.82, 2.24) is 10.2 Å². The van der Waals surface area contributed by atoms with Gasteiger partial charge in [-0.1, -0.05) is 6.92 Å². The highest BCUT2D eigenvalue weighted by molar-refractivity contribution is 6.08. The van der Waals surface area contributed by atoms with E-state index in [4.69, 9.17) is 0 Å². The first kappa shape index (κ1) is 12.0. The van der Waals surface area contributed by atoms with E-state index < -0.39 is 5.41 Å². The molecular formula is C14H22N2O2. The molecule has 2 amide bonds. The first-order valence-corrected chi connectivity index (χ1v) is 7.22. The molecule has 0 spiro atoms. The molecule has 18 heavy (non-hydrogen) atoms. The summed E-state index contributed by atoms with van der Waals surface area (Å²) in [4.78, 5) is 26.6. The van der Waals surface area contributed by atoms with Gasteiger partial charge in [-0.15, -0.1) is 0 Å². The first-order chi connectivity index (χ1) is 8.62. The van der Waals surface area contributed by atoms with Crippen LogP contribution in [-0.4, -0.2) is 35.8 Å². The van der Waals surface area contributed by atoms with Gasteiger partial charge in [0.1, 0.15) is 5.41 Å². The van der Waals surface area contributed by atoms with Crippen LogP contribution in [0.15, 0.2) is 0 Å². The summed E-state index contributed by atoms with van der Waals surface area (Å²) in [6.45, 7) is 3.89. The average Bonchev–Trinajstić information content (AvgIpc) is 3.23. The minimum Gasteiger partial charge on any atom is -0.352 e. The fourth-order valence-corrected chi connectivity index (χ4v) is 2.73. The molecule has 0 aromatic rings. The Morgan fingerprint density at radius 1 is 1.11 bits per heavy atom. The number of amides is 2. The van der Waals surface area contributed by atoms with Crippen LogP contribution in [0.2, 0.25) is 0 Å². The Hall–Kier alpha value is -1.06. The maximum Gasteiger partial charge on any atom is 0.238 e. The lowest BCUT2D eigenvalue weighted by molar-refractivity contribution is -0.145. The van der Waals surface area contributed by atoms with Gasteiger partial charge >= 0.3 is 0 Å². The molecule has 0 bridgehead atoms. The fourth-order valence-electron chi connectivity index (χ4n) is 2.73. The van der Waals surface area contributed by atoms with Crippen LogP contribution in [0.25, 0.3) is 0 Å². The Balaban J connectivity index is 1.62. The molecule has 0 aromatic carbocycles. The molecular weight excluding hydrogens is 228 g/mol. The lowest BCUT2D eigenvalue weighted by Gasteiger charge is -2.32. The standard InChI is InChI=1S/C14H22N2O2/c1-10-4-8-16(9-5-10)13(18)14(6-7-14)12(17)15-11-2-3-11/h10-11H,2-9H2,1H3,(H,15,17). The normalized spacial score (nSPS) is 26.8. The Bertz CT molecular complexity index is 364. The molecule has 4 heteroatoms. The number of carbonyl (C=O) groups is 2. The van der Waals surface area contributed by atoms with Crippen molar-refractivity contribution < 1.29 is 9.59 Å². The summed E-state index contributed by atoms with van der Waals surface area (Å²) >= 11 is 0. The Kier molecular flexibility index (Phi) is 2.83. The molecule has 3 aliphatic rings. The molecule has 3 rings (SSSR count). The third-order valence-electron chi connectivity index (χ3n) is 4.58. The third kappa shape index (κ3) is 2.13. The fraction of sp³-hybridized carbons (Fsp3) is 0.857. The molecule has 1 saturated heterocycles. The molecule has 1 heterocycles. The highest BCUT2D eigenvalue weighted by atomic mass is 16.2. The van der Waals surface area contributed by atoms with E-state index >= 15 is 0 Å². The van der Waals surface area contributed by atoms with E-state index in [9.17, 15) is 9.59 Å². The smallest absolute Gasteiger partial charge is 0.238 e. The zero-order chi connectivity index (χ0) is 12.8. The maximum absolute atomic E-state index is 12.5. The lowest BCUT2D eigenvalue weighted by Crippen LogP contribution is -2.48. The average molecular weight is 250 g/mol. The number of hydrogen-bond acceptors (Lipinski definition) is 2. The summed E-state index contributed by atoms with van der Waals surface area (Å²) in [6, 6.07) is 0.351. The molecule has 0 atom stereocenters. The van der Waals surface area contributed by atoms with Crippen LogP contribution in [0.1, 0.15) is 45.4 Å². The van der Waals surface area contributed by atoms with Gasteiger partial charge in [-0.2, -0.15) is 0 Å². The molecule has 4 nitrogen and oxygen atoms in total. The van der Waals surface area contributed by atoms with Crippen LogP contribution >= 0.6 is 0 Å². The quantitative estimate of drug-likeness (QED) is 0.768. The molecule has 1 aliphatic heterocycles. The van der Waals surface area contributed by atoms with E-state index in [1.54, 1.807) is 0 Å². The van der Waals surface area contributed by atoms with Crippen LogP contribution in [0.5, 0.6) is 0 Å². The number of nitrogens with zero attached hydrogens (tertiary/aromatic N) is 1. The van der Waals surface area contributed by atoms with Gasteiger partial charge < -0.3 is 10.2 Å². The van der Waals surface area contributed by atoms with Gasteiger partial charge in [0.15, 0.2) is 0 Å². The van der Waals surface area contributed by atoms with Crippen LogP contribution in [-0.2, 0) is 9.59 Å². The van der Waals surface area contributed by atoms with Gasteiger partial charge in [-0.25, -0.2) is 0 Å². The maximum atomic E-state index is 12.5. The predicted molar refractivity (Wildman–Crippen MR) is 67.8 cm³/mol. The van der Waals surface area contributed by atoms with E-state index in [1.807, 2.05) is 4.90 Å². The van der Waals surface area contributed by atoms with E-state index in [-0.39, 0.29) is 11.8 Å². The molecule has 0 aromatic heterocycles. The topological polar surface area (TPSA) is 49.4 Å². The second-order valence-electron chi connectivity index (χ2n) is 6.30. The van der Waals surface area contributed by atoms with Gasteiger partial charge in [0, 0.05) is 19.1 Å². The van der Waals surface area contributed by atoms with E-state index in [0.717, 1.165) is 51.6 Å². The van der Waals surface area contributed by atoms with E-state index in [0.29, 0.717) is 12.0 Å². The van der Waals surface area contributed by atoms with E-state index in [1.165, 1.54) is 0 Å². The van der Waals surface area contributed by atoms with Crippen LogP contribution in [0.3, 0.4) is 0 Å². The number of nitrogens with one attached hydrogen (secondary N) is 1. The molecule has 0 radical (unpaired) electrons. The van der Waals surface area contributed by atoms with Crippen molar-refractivity contribution in [3.8, 4) is 0 Å². The minimum atomic E-state index is -0.677. The van der Waals surface area contributed by atoms with Gasteiger partial charge in [0.25, 0.3) is 0 Å². The summed E-state index contributed by atoms with van der Waals surface area (Å²) in [5.41, 5.74) is -0.677. The largest absolute Gasteiger partial charge is 0.352 e. The van der Waals surface area contributed by atoms with Crippen molar-refractivity contribution >= 4 is 11.8 Å². The summed E-state index contributed by atoms with van der Waals surface area (Å²) in [6.07, 6.45) is 5.81. The highest BCUT2D eigenvalue weighted by Crippen LogP contribution is 2.48. The highest BCUT2D eigenvalue weighted by Gasteiger charge is 2.58. The first-order valence-electron chi connectivity index (χ1n) is 7.22. The summed E-state index contributed by atoms with van der Waals surface area (Å²) in [5.74, 6) is 0.797. The predicted octanol–water partition coefficient (Wildman–Crippen LogP) is 1.30. The molecule has 1 N–H and O–H groups in total.